The van der Waals surface area contributed by atoms with Crippen LogP contribution >= 0.6 is 23.4 Å². The molecule has 0 saturated heterocycles. The molecule has 0 aliphatic carbocycles. The molecule has 0 radical (unpaired) electrons. The predicted molar refractivity (Wildman–Crippen MR) is 116 cm³/mol. The molecule has 3 aromatic carbocycles. The molecule has 0 spiro atoms. The lowest BCUT2D eigenvalue weighted by atomic mass is 10.1. The van der Waals surface area contributed by atoms with Gasteiger partial charge >= 0.3 is 0 Å². The highest BCUT2D eigenvalue weighted by atomic mass is 35.5. The number of hydrogen-bond acceptors (Lipinski definition) is 5. The van der Waals surface area contributed by atoms with Crippen LogP contribution in [0.3, 0.4) is 0 Å². The normalized spacial score (nSPS) is 10.9. The summed E-state index contributed by atoms with van der Waals surface area (Å²) in [6, 6.07) is 18.9. The van der Waals surface area contributed by atoms with Crippen molar-refractivity contribution < 1.29 is 9.85 Å². The Kier molecular flexibility index (Phi) is 6.64. The molecule has 146 valence electrons. The van der Waals surface area contributed by atoms with E-state index in [1.54, 1.807) is 36.4 Å². The molecule has 0 aliphatic heterocycles. The highest BCUT2D eigenvalue weighted by Gasteiger charge is 2.23. The smallest absolute Gasteiger partial charge is 0.258 e. The Morgan fingerprint density at radius 3 is 2.21 bits per heavy atom. The van der Waals surface area contributed by atoms with Crippen LogP contribution in [-0.4, -0.2) is 9.85 Å². The Morgan fingerprint density at radius 2 is 1.59 bits per heavy atom. The summed E-state index contributed by atoms with van der Waals surface area (Å²) in [6.07, 6.45) is 3.33. The SMILES string of the molecule is O=[N+]([O-])c1cc(SCc2ccccc2)c(/C=C/c2ccc(Cl)cc2)c([N+](=O)[O-])c1. The molecule has 0 unspecified atom stereocenters. The molecule has 6 nitrogen and oxygen atoms in total. The highest BCUT2D eigenvalue weighted by Crippen LogP contribution is 2.37. The van der Waals surface area contributed by atoms with Crippen LogP contribution in [0.25, 0.3) is 12.2 Å². The number of nitro groups is 2. The molecule has 0 saturated carbocycles. The van der Waals surface area contributed by atoms with Gasteiger partial charge in [-0.25, -0.2) is 0 Å². The largest absolute Gasteiger partial charge is 0.284 e. The first-order valence-corrected chi connectivity index (χ1v) is 9.87. The van der Waals surface area contributed by atoms with Gasteiger partial charge in [0, 0.05) is 21.7 Å². The Morgan fingerprint density at radius 1 is 0.897 bits per heavy atom. The first kappa shape index (κ1) is 20.6. The van der Waals surface area contributed by atoms with Crippen LogP contribution in [0, 0.1) is 20.2 Å². The Balaban J connectivity index is 2.03. The van der Waals surface area contributed by atoms with Crippen molar-refractivity contribution in [3.05, 3.63) is 109 Å². The predicted octanol–water partition coefficient (Wildman–Crippen LogP) is 6.62. The van der Waals surface area contributed by atoms with Gasteiger partial charge in [0.2, 0.25) is 0 Å². The van der Waals surface area contributed by atoms with E-state index in [0.29, 0.717) is 21.2 Å². The summed E-state index contributed by atoms with van der Waals surface area (Å²) < 4.78 is 0. The van der Waals surface area contributed by atoms with Gasteiger partial charge in [0.05, 0.1) is 21.5 Å². The summed E-state index contributed by atoms with van der Waals surface area (Å²) in [5.74, 6) is 0.529. The number of nitro benzene ring substituents is 2. The molecule has 0 heterocycles. The van der Waals surface area contributed by atoms with Crippen molar-refractivity contribution in [2.45, 2.75) is 10.6 Å². The monoisotopic (exact) mass is 426 g/mol. The maximum Gasteiger partial charge on any atom is 0.284 e. The quantitative estimate of drug-likeness (QED) is 0.183. The van der Waals surface area contributed by atoms with Crippen LogP contribution in [0.1, 0.15) is 16.7 Å². The molecule has 0 amide bonds. The maximum atomic E-state index is 11.6. The molecule has 29 heavy (non-hydrogen) atoms. The van der Waals surface area contributed by atoms with Gasteiger partial charge in [-0.1, -0.05) is 60.1 Å². The van der Waals surface area contributed by atoms with Crippen molar-refractivity contribution in [1.82, 2.24) is 0 Å². The fourth-order valence-corrected chi connectivity index (χ4v) is 3.80. The standard InChI is InChI=1S/C21H15ClN2O4S/c22-17-9-6-15(7-10-17)8-11-19-20(24(27)28)12-18(23(25)26)13-21(19)29-14-16-4-2-1-3-5-16/h1-13H,14H2/b11-8+. The number of rotatable bonds is 7. The van der Waals surface area contributed by atoms with Crippen LogP contribution in [0.5, 0.6) is 0 Å². The van der Waals surface area contributed by atoms with Gasteiger partial charge in [-0.15, -0.1) is 11.8 Å². The molecule has 3 aromatic rings. The molecule has 3 rings (SSSR count). The second-order valence-corrected chi connectivity index (χ2v) is 7.50. The summed E-state index contributed by atoms with van der Waals surface area (Å²) in [4.78, 5) is 22.1. The summed E-state index contributed by atoms with van der Waals surface area (Å²) in [6.45, 7) is 0. The summed E-state index contributed by atoms with van der Waals surface area (Å²) >= 11 is 7.21. The molecule has 0 N–H and O–H groups in total. The maximum absolute atomic E-state index is 11.6. The molecule has 0 atom stereocenters. The zero-order chi connectivity index (χ0) is 20.8. The molecular weight excluding hydrogens is 412 g/mol. The second kappa shape index (κ2) is 9.36. The molecule has 0 fully saturated rings. The van der Waals surface area contributed by atoms with Crippen LogP contribution in [0.15, 0.2) is 71.6 Å². The van der Waals surface area contributed by atoms with E-state index < -0.39 is 9.85 Å². The minimum absolute atomic E-state index is 0.306. The van der Waals surface area contributed by atoms with E-state index in [-0.39, 0.29) is 11.4 Å². The lowest BCUT2D eigenvalue weighted by Crippen LogP contribution is -1.97. The first-order chi connectivity index (χ1) is 13.9. The van der Waals surface area contributed by atoms with Gasteiger partial charge < -0.3 is 0 Å². The highest BCUT2D eigenvalue weighted by molar-refractivity contribution is 7.98. The average Bonchev–Trinajstić information content (AvgIpc) is 2.72. The molecule has 8 heteroatoms. The summed E-state index contributed by atoms with van der Waals surface area (Å²) in [5, 5.41) is 23.5. The number of hydrogen-bond donors (Lipinski definition) is 0. The zero-order valence-corrected chi connectivity index (χ0v) is 16.6. The van der Waals surface area contributed by atoms with Crippen molar-refractivity contribution in [3.63, 3.8) is 0 Å². The number of nitrogens with zero attached hydrogens (tertiary/aromatic N) is 2. The van der Waals surface area contributed by atoms with Crippen molar-refractivity contribution >= 4 is 46.9 Å². The third kappa shape index (κ3) is 5.43. The van der Waals surface area contributed by atoms with Crippen molar-refractivity contribution in [2.24, 2.45) is 0 Å². The summed E-state index contributed by atoms with van der Waals surface area (Å²) in [5.41, 5.74) is 1.53. The molecule has 0 bridgehead atoms. The van der Waals surface area contributed by atoms with Crippen LogP contribution in [-0.2, 0) is 5.75 Å². The second-order valence-electron chi connectivity index (χ2n) is 6.05. The van der Waals surface area contributed by atoms with E-state index >= 15 is 0 Å². The Labute approximate surface area is 176 Å². The lowest BCUT2D eigenvalue weighted by Gasteiger charge is -2.08. The molecule has 0 aromatic heterocycles. The van der Waals surface area contributed by atoms with E-state index in [9.17, 15) is 20.2 Å². The van der Waals surface area contributed by atoms with Gasteiger partial charge in [0.15, 0.2) is 0 Å². The number of benzene rings is 3. The first-order valence-electron chi connectivity index (χ1n) is 8.51. The minimum atomic E-state index is -0.619. The third-order valence-corrected chi connectivity index (χ3v) is 5.44. The van der Waals surface area contributed by atoms with Crippen molar-refractivity contribution in [2.75, 3.05) is 0 Å². The van der Waals surface area contributed by atoms with E-state index in [1.165, 1.54) is 17.8 Å². The van der Waals surface area contributed by atoms with Crippen molar-refractivity contribution in [1.29, 1.82) is 0 Å². The lowest BCUT2D eigenvalue weighted by molar-refractivity contribution is -0.394. The van der Waals surface area contributed by atoms with E-state index in [4.69, 9.17) is 11.6 Å². The number of halogens is 1. The average molecular weight is 427 g/mol. The van der Waals surface area contributed by atoms with Gasteiger partial charge in [0.1, 0.15) is 0 Å². The minimum Gasteiger partial charge on any atom is -0.258 e. The van der Waals surface area contributed by atoms with Gasteiger partial charge in [-0.3, -0.25) is 20.2 Å². The summed E-state index contributed by atoms with van der Waals surface area (Å²) in [7, 11) is 0. The third-order valence-electron chi connectivity index (χ3n) is 4.06. The van der Waals surface area contributed by atoms with Crippen molar-refractivity contribution in [3.8, 4) is 0 Å². The van der Waals surface area contributed by atoms with E-state index in [1.807, 2.05) is 30.3 Å². The van der Waals surface area contributed by atoms with Gasteiger partial charge in [-0.2, -0.15) is 0 Å². The number of thioether (sulfide) groups is 1. The topological polar surface area (TPSA) is 86.3 Å². The number of non-ortho nitro benzene ring substituents is 1. The fourth-order valence-electron chi connectivity index (χ4n) is 2.63. The molecular formula is C21H15ClN2O4S. The van der Waals surface area contributed by atoms with Gasteiger partial charge in [-0.05, 0) is 29.3 Å². The Bertz CT molecular complexity index is 1070. The van der Waals surface area contributed by atoms with Crippen LogP contribution in [0.4, 0.5) is 11.4 Å². The van der Waals surface area contributed by atoms with E-state index in [0.717, 1.165) is 17.2 Å². The fraction of sp³-hybridized carbons (Fsp3) is 0.0476. The molecule has 0 aliphatic rings. The van der Waals surface area contributed by atoms with Crippen LogP contribution in [0.2, 0.25) is 5.02 Å². The van der Waals surface area contributed by atoms with Crippen LogP contribution < -0.4 is 0 Å². The zero-order valence-electron chi connectivity index (χ0n) is 15.0. The van der Waals surface area contributed by atoms with Gasteiger partial charge in [0.25, 0.3) is 11.4 Å². The van der Waals surface area contributed by atoms with E-state index in [2.05, 4.69) is 0 Å². The Hall–Kier alpha value is -3.16.